The summed E-state index contributed by atoms with van der Waals surface area (Å²) in [6.45, 7) is 1.80. The Morgan fingerprint density at radius 2 is 1.80 bits per heavy atom. The summed E-state index contributed by atoms with van der Waals surface area (Å²) in [5, 5.41) is 12.9. The van der Waals surface area contributed by atoms with E-state index in [1.165, 1.54) is 10.8 Å². The van der Waals surface area contributed by atoms with Crippen molar-refractivity contribution in [3.05, 3.63) is 97.5 Å². The lowest BCUT2D eigenvalue weighted by Crippen LogP contribution is -2.34. The second-order valence-electron chi connectivity index (χ2n) is 10.5. The summed E-state index contributed by atoms with van der Waals surface area (Å²) >= 11 is 6.31. The quantitative estimate of drug-likeness (QED) is 0.299. The summed E-state index contributed by atoms with van der Waals surface area (Å²) in [6.07, 6.45) is 4.36. The van der Waals surface area contributed by atoms with Crippen molar-refractivity contribution in [1.29, 1.82) is 0 Å². The first-order valence-corrected chi connectivity index (χ1v) is 14.1. The molecule has 3 aromatic heterocycles. The lowest BCUT2D eigenvalue weighted by atomic mass is 9.94. The van der Waals surface area contributed by atoms with Gasteiger partial charge in [0.15, 0.2) is 5.43 Å². The van der Waals surface area contributed by atoms with Crippen LogP contribution in [-0.2, 0) is 13.6 Å². The highest BCUT2D eigenvalue weighted by molar-refractivity contribution is 6.31. The molecule has 0 unspecified atom stereocenters. The van der Waals surface area contributed by atoms with Crippen molar-refractivity contribution >= 4 is 50.8 Å². The largest absolute Gasteiger partial charge is 0.396 e. The molecule has 4 heterocycles. The van der Waals surface area contributed by atoms with Crippen LogP contribution in [-0.4, -0.2) is 44.7 Å². The number of aliphatic hydroxyl groups is 1. The van der Waals surface area contributed by atoms with E-state index in [0.29, 0.717) is 32.9 Å². The number of anilines is 1. The average molecular weight is 572 g/mol. The summed E-state index contributed by atoms with van der Waals surface area (Å²) < 4.78 is 3.28. The molecule has 0 saturated carbocycles. The normalized spacial score (nSPS) is 14.3. The van der Waals surface area contributed by atoms with Crippen LogP contribution in [0.3, 0.4) is 0 Å². The number of hydrogen-bond donors (Lipinski definition) is 2. The molecule has 0 radical (unpaired) electrons. The number of aryl methyl sites for hydroxylation is 1. The van der Waals surface area contributed by atoms with Crippen molar-refractivity contribution in [3.63, 3.8) is 0 Å². The monoisotopic (exact) mass is 571 g/mol. The van der Waals surface area contributed by atoms with Gasteiger partial charge in [-0.25, -0.2) is 4.98 Å². The third-order valence-corrected chi connectivity index (χ3v) is 8.37. The Morgan fingerprint density at radius 1 is 1.05 bits per heavy atom. The Kier molecular flexibility index (Phi) is 7.23. The van der Waals surface area contributed by atoms with E-state index >= 15 is 0 Å². The molecule has 0 bridgehead atoms. The van der Waals surface area contributed by atoms with Crippen molar-refractivity contribution in [2.24, 2.45) is 13.0 Å². The van der Waals surface area contributed by atoms with Crippen LogP contribution in [0.5, 0.6) is 0 Å². The molecular weight excluding hydrogens is 542 g/mol. The number of para-hydroxylation sites is 2. The Morgan fingerprint density at radius 3 is 2.51 bits per heavy atom. The highest BCUT2D eigenvalue weighted by Gasteiger charge is 2.22. The van der Waals surface area contributed by atoms with Gasteiger partial charge < -0.3 is 24.3 Å². The molecule has 210 valence electrons. The zero-order valence-corrected chi connectivity index (χ0v) is 23.4. The standard InChI is InChI=1S/C31H30ClN5O4/c1-35-24-4-2-3-5-25(24)37-26-16-21(32)7-8-22(26)29(39)23(28(37)31(35)41)18-34-30(40)20-6-9-27(33-17-20)36-13-10-19(11-14-36)12-15-38/h2-9,16-17,19,38H,10-15,18H2,1H3,(H,34,40). The first-order chi connectivity index (χ1) is 19.9. The van der Waals surface area contributed by atoms with Gasteiger partial charge in [-0.15, -0.1) is 0 Å². The van der Waals surface area contributed by atoms with E-state index in [0.717, 1.165) is 43.7 Å². The van der Waals surface area contributed by atoms with E-state index in [2.05, 4.69) is 15.2 Å². The number of fused-ring (bicyclic) bond motifs is 5. The number of nitrogens with one attached hydrogen (secondary N) is 1. The second kappa shape index (κ2) is 11.0. The first-order valence-electron chi connectivity index (χ1n) is 13.7. The summed E-state index contributed by atoms with van der Waals surface area (Å²) in [6, 6.07) is 16.0. The molecule has 1 aliphatic rings. The minimum absolute atomic E-state index is 0.132. The molecule has 0 spiro atoms. The van der Waals surface area contributed by atoms with Gasteiger partial charge in [0.05, 0.1) is 22.1 Å². The number of halogens is 1. The van der Waals surface area contributed by atoms with Gasteiger partial charge in [-0.3, -0.25) is 14.4 Å². The van der Waals surface area contributed by atoms with E-state index in [1.807, 2.05) is 30.3 Å². The Balaban J connectivity index is 1.33. The van der Waals surface area contributed by atoms with Crippen LogP contribution in [0, 0.1) is 5.92 Å². The minimum atomic E-state index is -0.392. The number of rotatable bonds is 6. The van der Waals surface area contributed by atoms with E-state index in [9.17, 15) is 19.5 Å². The molecule has 2 N–H and O–H groups in total. The Hall–Kier alpha value is -4.21. The minimum Gasteiger partial charge on any atom is -0.396 e. The van der Waals surface area contributed by atoms with Crippen molar-refractivity contribution in [1.82, 2.24) is 19.3 Å². The molecule has 1 fully saturated rings. The highest BCUT2D eigenvalue weighted by atomic mass is 35.5. The number of benzene rings is 2. The fraction of sp³-hybridized carbons (Fsp3) is 0.290. The maximum Gasteiger partial charge on any atom is 0.275 e. The zero-order chi connectivity index (χ0) is 28.7. The van der Waals surface area contributed by atoms with E-state index in [4.69, 9.17) is 11.6 Å². The topological polar surface area (TPSA) is 109 Å². The number of piperidine rings is 1. The van der Waals surface area contributed by atoms with Crippen LogP contribution in [0.1, 0.15) is 35.2 Å². The lowest BCUT2D eigenvalue weighted by molar-refractivity contribution is 0.0950. The van der Waals surface area contributed by atoms with Gasteiger partial charge in [0.1, 0.15) is 11.3 Å². The van der Waals surface area contributed by atoms with Crippen molar-refractivity contribution in [2.75, 3.05) is 24.6 Å². The van der Waals surface area contributed by atoms with Crippen molar-refractivity contribution in [2.45, 2.75) is 25.8 Å². The SMILES string of the molecule is Cn1c(=O)c2c(CNC(=O)c3ccc(N4CCC(CCO)CC4)nc3)c(=O)c3ccc(Cl)cc3n2c2ccccc21. The number of carbonyl (C=O) groups excluding carboxylic acids is 1. The predicted octanol–water partition coefficient (Wildman–Crippen LogP) is 3.88. The molecule has 10 heteroatoms. The van der Waals surface area contributed by atoms with Gasteiger partial charge >= 0.3 is 0 Å². The van der Waals surface area contributed by atoms with E-state index in [-0.39, 0.29) is 35.2 Å². The number of amides is 1. The molecular formula is C31H30ClN5O4. The van der Waals surface area contributed by atoms with Gasteiger partial charge in [0, 0.05) is 55.5 Å². The number of carbonyl (C=O) groups is 1. The van der Waals surface area contributed by atoms with Crippen LogP contribution >= 0.6 is 11.6 Å². The van der Waals surface area contributed by atoms with Gasteiger partial charge in [-0.1, -0.05) is 23.7 Å². The number of pyridine rings is 2. The van der Waals surface area contributed by atoms with Crippen molar-refractivity contribution in [3.8, 4) is 0 Å². The number of hydrogen-bond acceptors (Lipinski definition) is 6. The molecule has 0 atom stereocenters. The Bertz CT molecular complexity index is 1910. The summed E-state index contributed by atoms with van der Waals surface area (Å²) in [5.41, 5.74) is 2.06. The zero-order valence-electron chi connectivity index (χ0n) is 22.6. The van der Waals surface area contributed by atoms with Gasteiger partial charge in [-0.2, -0.15) is 0 Å². The van der Waals surface area contributed by atoms with Crippen LogP contribution < -0.4 is 21.2 Å². The number of aromatic nitrogens is 3. The van der Waals surface area contributed by atoms with E-state index in [1.54, 1.807) is 35.7 Å². The molecule has 2 aromatic carbocycles. The van der Waals surface area contributed by atoms with Gasteiger partial charge in [0.25, 0.3) is 11.5 Å². The maximum atomic E-state index is 13.7. The Labute approximate surface area is 240 Å². The summed E-state index contributed by atoms with van der Waals surface area (Å²) in [5.74, 6) is 0.942. The number of aliphatic hydroxyl groups excluding tert-OH is 1. The van der Waals surface area contributed by atoms with E-state index < -0.39 is 5.91 Å². The molecule has 5 aromatic rings. The lowest BCUT2D eigenvalue weighted by Gasteiger charge is -2.32. The molecule has 1 amide bonds. The fourth-order valence-corrected chi connectivity index (χ4v) is 6.03. The third kappa shape index (κ3) is 4.85. The maximum absolute atomic E-state index is 13.7. The molecule has 6 rings (SSSR count). The second-order valence-corrected chi connectivity index (χ2v) is 11.0. The van der Waals surface area contributed by atoms with Crippen LogP contribution in [0.25, 0.3) is 27.5 Å². The van der Waals surface area contributed by atoms with Gasteiger partial charge in [-0.05, 0) is 67.6 Å². The molecule has 1 aliphatic heterocycles. The third-order valence-electron chi connectivity index (χ3n) is 8.13. The summed E-state index contributed by atoms with van der Waals surface area (Å²) in [7, 11) is 1.67. The van der Waals surface area contributed by atoms with Crippen LogP contribution in [0.15, 0.2) is 70.4 Å². The smallest absolute Gasteiger partial charge is 0.275 e. The summed E-state index contributed by atoms with van der Waals surface area (Å²) in [4.78, 5) is 47.2. The highest BCUT2D eigenvalue weighted by Crippen LogP contribution is 2.25. The molecule has 1 saturated heterocycles. The molecule has 0 aliphatic carbocycles. The fourth-order valence-electron chi connectivity index (χ4n) is 5.86. The molecule has 9 nitrogen and oxygen atoms in total. The van der Waals surface area contributed by atoms with Gasteiger partial charge in [0.2, 0.25) is 0 Å². The number of nitrogens with zero attached hydrogens (tertiary/aromatic N) is 4. The van der Waals surface area contributed by atoms with Crippen LogP contribution in [0.4, 0.5) is 5.82 Å². The average Bonchev–Trinajstić information content (AvgIpc) is 2.99. The molecule has 41 heavy (non-hydrogen) atoms. The predicted molar refractivity (Wildman–Crippen MR) is 161 cm³/mol. The van der Waals surface area contributed by atoms with Crippen LogP contribution in [0.2, 0.25) is 5.02 Å². The van der Waals surface area contributed by atoms with Crippen molar-refractivity contribution < 1.29 is 9.90 Å². The first kappa shape index (κ1) is 27.0.